The Morgan fingerprint density at radius 1 is 1.11 bits per heavy atom. The number of carbonyl (C=O) groups excluding carboxylic acids is 1. The molecule has 2 rings (SSSR count). The molecule has 0 bridgehead atoms. The number of carbonyl (C=O) groups is 1. The van der Waals surface area contributed by atoms with Crippen molar-refractivity contribution in [2.24, 2.45) is 0 Å². The molecule has 2 aromatic carbocycles. The van der Waals surface area contributed by atoms with Crippen molar-refractivity contribution in [3.05, 3.63) is 52.0 Å². The second-order valence-corrected chi connectivity index (χ2v) is 8.76. The molecule has 28 heavy (non-hydrogen) atoms. The number of anilines is 1. The van der Waals surface area contributed by atoms with Crippen LogP contribution in [0.3, 0.4) is 0 Å². The lowest BCUT2D eigenvalue weighted by atomic mass is 10.2. The van der Waals surface area contributed by atoms with Gasteiger partial charge in [0.25, 0.3) is 5.91 Å². The Hall–Kier alpha value is -1.80. The molecule has 9 heteroatoms. The maximum absolute atomic E-state index is 12.5. The van der Waals surface area contributed by atoms with E-state index in [9.17, 15) is 13.2 Å². The maximum Gasteiger partial charge on any atom is 0.262 e. The number of aryl methyl sites for hydroxylation is 1. The molecule has 0 aliphatic carbocycles. The van der Waals surface area contributed by atoms with Crippen LogP contribution in [0.5, 0.6) is 5.75 Å². The van der Waals surface area contributed by atoms with Gasteiger partial charge in [-0.15, -0.1) is 0 Å². The van der Waals surface area contributed by atoms with E-state index in [-0.39, 0.29) is 28.2 Å². The fourth-order valence-corrected chi connectivity index (χ4v) is 4.49. The van der Waals surface area contributed by atoms with Crippen molar-refractivity contribution in [1.29, 1.82) is 0 Å². The van der Waals surface area contributed by atoms with Gasteiger partial charge in [0.15, 0.2) is 6.61 Å². The summed E-state index contributed by atoms with van der Waals surface area (Å²) in [6, 6.07) is 9.35. The van der Waals surface area contributed by atoms with Gasteiger partial charge in [0.2, 0.25) is 10.0 Å². The van der Waals surface area contributed by atoms with Crippen LogP contribution in [-0.2, 0) is 14.8 Å². The first kappa shape index (κ1) is 22.5. The minimum atomic E-state index is -3.62. The van der Waals surface area contributed by atoms with Gasteiger partial charge in [-0.1, -0.05) is 43.1 Å². The molecule has 0 atom stereocenters. The van der Waals surface area contributed by atoms with Gasteiger partial charge in [-0.25, -0.2) is 8.42 Å². The summed E-state index contributed by atoms with van der Waals surface area (Å²) in [5.41, 5.74) is 1.45. The van der Waals surface area contributed by atoms with Crippen molar-refractivity contribution < 1.29 is 17.9 Å². The Morgan fingerprint density at radius 2 is 1.79 bits per heavy atom. The van der Waals surface area contributed by atoms with Gasteiger partial charge in [-0.3, -0.25) is 4.79 Å². The molecule has 152 valence electrons. The fraction of sp³-hybridized carbons (Fsp3) is 0.316. The third-order valence-corrected chi connectivity index (χ3v) is 6.66. The Labute approximate surface area is 175 Å². The zero-order valence-corrected chi connectivity index (χ0v) is 18.2. The van der Waals surface area contributed by atoms with Crippen molar-refractivity contribution in [3.8, 4) is 5.75 Å². The highest BCUT2D eigenvalue weighted by atomic mass is 35.5. The molecule has 0 saturated heterocycles. The summed E-state index contributed by atoms with van der Waals surface area (Å²) in [5.74, 6) is -0.167. The van der Waals surface area contributed by atoms with Gasteiger partial charge >= 0.3 is 0 Å². The van der Waals surface area contributed by atoms with E-state index in [1.54, 1.807) is 32.0 Å². The highest BCUT2D eigenvalue weighted by molar-refractivity contribution is 7.89. The predicted octanol–water partition coefficient (Wildman–Crippen LogP) is 4.35. The number of ether oxygens (including phenoxy) is 1. The molecule has 0 saturated carbocycles. The quantitative estimate of drug-likeness (QED) is 0.656. The molecule has 6 nitrogen and oxygen atoms in total. The standard InChI is InChI=1S/C19H22Cl2N2O4S/c1-4-23(5-2)28(25,26)15-8-9-18(16(21)11-15)27-12-19(24)22-17-10-14(20)7-6-13(17)3/h6-11H,4-5,12H2,1-3H3,(H,22,24). The average molecular weight is 445 g/mol. The second kappa shape index (κ2) is 9.60. The van der Waals surface area contributed by atoms with Crippen LogP contribution in [0.1, 0.15) is 19.4 Å². The molecular weight excluding hydrogens is 423 g/mol. The minimum Gasteiger partial charge on any atom is -0.482 e. The van der Waals surface area contributed by atoms with Crippen LogP contribution in [0.2, 0.25) is 10.0 Å². The van der Waals surface area contributed by atoms with Crippen LogP contribution in [0.25, 0.3) is 0 Å². The van der Waals surface area contributed by atoms with Gasteiger partial charge in [0.05, 0.1) is 9.92 Å². The number of sulfonamides is 1. The summed E-state index contributed by atoms with van der Waals surface area (Å²) in [5, 5.41) is 3.33. The molecule has 2 aromatic rings. The van der Waals surface area contributed by atoms with E-state index in [1.165, 1.54) is 22.5 Å². The number of nitrogens with one attached hydrogen (secondary N) is 1. The topological polar surface area (TPSA) is 75.7 Å². The molecule has 0 aromatic heterocycles. The van der Waals surface area contributed by atoms with E-state index in [1.807, 2.05) is 6.92 Å². The van der Waals surface area contributed by atoms with Gasteiger partial charge < -0.3 is 10.1 Å². The first-order valence-electron chi connectivity index (χ1n) is 8.67. The molecule has 0 heterocycles. The number of hydrogen-bond acceptors (Lipinski definition) is 4. The van der Waals surface area contributed by atoms with Gasteiger partial charge in [-0.2, -0.15) is 4.31 Å². The van der Waals surface area contributed by atoms with Crippen molar-refractivity contribution >= 4 is 44.8 Å². The Bertz CT molecular complexity index is 960. The molecule has 0 radical (unpaired) electrons. The molecule has 0 spiro atoms. The molecule has 0 fully saturated rings. The van der Waals surface area contributed by atoms with Crippen LogP contribution in [0.15, 0.2) is 41.3 Å². The first-order chi connectivity index (χ1) is 13.2. The summed E-state index contributed by atoms with van der Waals surface area (Å²) in [6.07, 6.45) is 0. The third-order valence-electron chi connectivity index (χ3n) is 4.08. The fourth-order valence-electron chi connectivity index (χ4n) is 2.53. The summed E-state index contributed by atoms with van der Waals surface area (Å²) < 4.78 is 31.8. The van der Waals surface area contributed by atoms with E-state index in [0.29, 0.717) is 23.8 Å². The van der Waals surface area contributed by atoms with Crippen molar-refractivity contribution in [2.45, 2.75) is 25.7 Å². The zero-order chi connectivity index (χ0) is 20.9. The molecule has 0 aliphatic rings. The highest BCUT2D eigenvalue weighted by Crippen LogP contribution is 2.29. The number of benzene rings is 2. The summed E-state index contributed by atoms with van der Waals surface area (Å²) in [6.45, 7) is 5.81. The van der Waals surface area contributed by atoms with Crippen LogP contribution < -0.4 is 10.1 Å². The third kappa shape index (κ3) is 5.38. The molecule has 0 unspecified atom stereocenters. The average Bonchev–Trinajstić information content (AvgIpc) is 2.64. The zero-order valence-electron chi connectivity index (χ0n) is 15.8. The van der Waals surface area contributed by atoms with E-state index >= 15 is 0 Å². The van der Waals surface area contributed by atoms with E-state index in [4.69, 9.17) is 27.9 Å². The largest absolute Gasteiger partial charge is 0.482 e. The summed E-state index contributed by atoms with van der Waals surface area (Å²) in [7, 11) is -3.62. The Morgan fingerprint density at radius 3 is 2.39 bits per heavy atom. The SMILES string of the molecule is CCN(CC)S(=O)(=O)c1ccc(OCC(=O)Nc2cc(Cl)ccc2C)c(Cl)c1. The number of halogens is 2. The molecule has 1 amide bonds. The van der Waals surface area contributed by atoms with Gasteiger partial charge in [-0.05, 0) is 42.8 Å². The second-order valence-electron chi connectivity index (χ2n) is 5.98. The van der Waals surface area contributed by atoms with Crippen molar-refractivity contribution in [2.75, 3.05) is 25.0 Å². The van der Waals surface area contributed by atoms with Gasteiger partial charge in [0.1, 0.15) is 5.75 Å². The predicted molar refractivity (Wildman–Crippen MR) is 112 cm³/mol. The van der Waals surface area contributed by atoms with Crippen LogP contribution in [-0.4, -0.2) is 38.3 Å². The van der Waals surface area contributed by atoms with Crippen LogP contribution in [0.4, 0.5) is 5.69 Å². The van der Waals surface area contributed by atoms with Crippen molar-refractivity contribution in [3.63, 3.8) is 0 Å². The monoisotopic (exact) mass is 444 g/mol. The van der Waals surface area contributed by atoms with E-state index < -0.39 is 10.0 Å². The van der Waals surface area contributed by atoms with Gasteiger partial charge in [0, 0.05) is 23.8 Å². The smallest absolute Gasteiger partial charge is 0.262 e. The lowest BCUT2D eigenvalue weighted by Crippen LogP contribution is -2.30. The summed E-state index contributed by atoms with van der Waals surface area (Å²) in [4.78, 5) is 12.2. The lowest BCUT2D eigenvalue weighted by molar-refractivity contribution is -0.118. The maximum atomic E-state index is 12.5. The molecule has 0 aliphatic heterocycles. The van der Waals surface area contributed by atoms with Crippen LogP contribution in [0, 0.1) is 6.92 Å². The van der Waals surface area contributed by atoms with Crippen molar-refractivity contribution in [1.82, 2.24) is 4.31 Å². The lowest BCUT2D eigenvalue weighted by Gasteiger charge is -2.19. The normalized spacial score (nSPS) is 11.5. The molecule has 1 N–H and O–H groups in total. The van der Waals surface area contributed by atoms with E-state index in [0.717, 1.165) is 5.56 Å². The van der Waals surface area contributed by atoms with Crippen LogP contribution >= 0.6 is 23.2 Å². The minimum absolute atomic E-state index is 0.0764. The molecular formula is C19H22Cl2N2O4S. The summed E-state index contributed by atoms with van der Waals surface area (Å²) >= 11 is 12.1. The Kier molecular flexibility index (Phi) is 7.71. The van der Waals surface area contributed by atoms with E-state index in [2.05, 4.69) is 5.32 Å². The number of hydrogen-bond donors (Lipinski definition) is 1. The Balaban J connectivity index is 2.07. The highest BCUT2D eigenvalue weighted by Gasteiger charge is 2.22. The number of rotatable bonds is 8. The first-order valence-corrected chi connectivity index (χ1v) is 10.9. The number of nitrogens with zero attached hydrogens (tertiary/aromatic N) is 1. The number of amides is 1.